The second-order valence-corrected chi connectivity index (χ2v) is 8.97. The number of piperidine rings is 1. The molecule has 2 amide bonds. The molecule has 1 aromatic heterocycles. The van der Waals surface area contributed by atoms with Crippen LogP contribution in [0.5, 0.6) is 0 Å². The number of nitrogens with zero attached hydrogens (tertiary/aromatic N) is 3. The van der Waals surface area contributed by atoms with Gasteiger partial charge in [0.05, 0.1) is 12.3 Å². The number of hydrogen-bond donors (Lipinski definition) is 1. The Kier molecular flexibility index (Phi) is 5.41. The number of amides is 2. The number of likely N-dealkylation sites (tertiary alicyclic amines) is 2. The molecule has 3 saturated heterocycles. The maximum Gasteiger partial charge on any atom is 0.228 e. The van der Waals surface area contributed by atoms with Crippen molar-refractivity contribution in [3.63, 3.8) is 0 Å². The minimum atomic E-state index is -0.117. The molecule has 6 nitrogen and oxygen atoms in total. The summed E-state index contributed by atoms with van der Waals surface area (Å²) in [5, 5.41) is 3.35. The van der Waals surface area contributed by atoms with Crippen molar-refractivity contribution in [2.75, 3.05) is 32.7 Å². The Hall–Kier alpha value is -1.95. The van der Waals surface area contributed by atoms with Crippen molar-refractivity contribution in [1.29, 1.82) is 0 Å². The highest BCUT2D eigenvalue weighted by Gasteiger charge is 2.57. The molecular weight excluding hydrogens is 352 g/mol. The van der Waals surface area contributed by atoms with E-state index in [0.29, 0.717) is 18.3 Å². The van der Waals surface area contributed by atoms with E-state index in [9.17, 15) is 9.59 Å². The molecule has 28 heavy (non-hydrogen) atoms. The van der Waals surface area contributed by atoms with Gasteiger partial charge in [-0.3, -0.25) is 14.6 Å². The number of rotatable bonds is 5. The molecule has 1 spiro atoms. The second kappa shape index (κ2) is 7.82. The number of hydrogen-bond acceptors (Lipinski definition) is 4. The molecule has 3 fully saturated rings. The summed E-state index contributed by atoms with van der Waals surface area (Å²) in [5.41, 5.74) is 0.701. The smallest absolute Gasteiger partial charge is 0.228 e. The van der Waals surface area contributed by atoms with Gasteiger partial charge in [0, 0.05) is 56.1 Å². The molecule has 0 unspecified atom stereocenters. The van der Waals surface area contributed by atoms with Crippen LogP contribution in [0, 0.1) is 17.8 Å². The highest BCUT2D eigenvalue weighted by molar-refractivity contribution is 5.84. The number of nitrogens with one attached hydrogen (secondary N) is 1. The first-order valence-electron chi connectivity index (χ1n) is 10.7. The van der Waals surface area contributed by atoms with Gasteiger partial charge in [0.15, 0.2) is 0 Å². The van der Waals surface area contributed by atoms with Crippen LogP contribution < -0.4 is 5.32 Å². The lowest BCUT2D eigenvalue weighted by atomic mass is 9.75. The Morgan fingerprint density at radius 3 is 2.79 bits per heavy atom. The Bertz CT molecular complexity index is 715. The Balaban J connectivity index is 1.37. The lowest BCUT2D eigenvalue weighted by Crippen LogP contribution is -2.56. The standard InChI is InChI=1S/C22H32N4O2/c1-3-16(2)13-25-14-18-19(15-25)22(24-21(18)28)7-10-26(11-8-22)20(27)12-17-6-4-5-9-23-17/h4-6,9,16,18-19H,3,7-8,10-15H2,1-2H3,(H,24,28)/t16-,18-,19+/m1/s1. The third kappa shape index (κ3) is 3.66. The van der Waals surface area contributed by atoms with Crippen molar-refractivity contribution in [1.82, 2.24) is 20.1 Å². The van der Waals surface area contributed by atoms with Crippen LogP contribution in [-0.4, -0.2) is 64.9 Å². The van der Waals surface area contributed by atoms with Crippen LogP contribution >= 0.6 is 0 Å². The van der Waals surface area contributed by atoms with Gasteiger partial charge < -0.3 is 15.1 Å². The number of fused-ring (bicyclic) bond motifs is 2. The predicted octanol–water partition coefficient (Wildman–Crippen LogP) is 1.71. The van der Waals surface area contributed by atoms with E-state index in [0.717, 1.165) is 51.3 Å². The van der Waals surface area contributed by atoms with Gasteiger partial charge in [-0.2, -0.15) is 0 Å². The van der Waals surface area contributed by atoms with Crippen LogP contribution in [-0.2, 0) is 16.0 Å². The van der Waals surface area contributed by atoms with E-state index in [1.165, 1.54) is 6.42 Å². The van der Waals surface area contributed by atoms with Gasteiger partial charge in [-0.1, -0.05) is 26.3 Å². The monoisotopic (exact) mass is 384 g/mol. The predicted molar refractivity (Wildman–Crippen MR) is 108 cm³/mol. The fraction of sp³-hybridized carbons (Fsp3) is 0.682. The molecule has 3 aliphatic rings. The largest absolute Gasteiger partial charge is 0.350 e. The van der Waals surface area contributed by atoms with Crippen LogP contribution in [0.3, 0.4) is 0 Å². The molecule has 152 valence electrons. The number of carbonyl (C=O) groups is 2. The van der Waals surface area contributed by atoms with Crippen molar-refractivity contribution in [3.8, 4) is 0 Å². The van der Waals surface area contributed by atoms with E-state index in [1.54, 1.807) is 6.20 Å². The van der Waals surface area contributed by atoms with Gasteiger partial charge in [0.2, 0.25) is 11.8 Å². The quantitative estimate of drug-likeness (QED) is 0.839. The van der Waals surface area contributed by atoms with E-state index in [1.807, 2.05) is 23.1 Å². The lowest BCUT2D eigenvalue weighted by Gasteiger charge is -2.43. The fourth-order valence-corrected chi connectivity index (χ4v) is 5.28. The van der Waals surface area contributed by atoms with E-state index in [-0.39, 0.29) is 23.3 Å². The molecule has 1 aromatic rings. The van der Waals surface area contributed by atoms with Gasteiger partial charge in [-0.25, -0.2) is 0 Å². The van der Waals surface area contributed by atoms with Crippen molar-refractivity contribution in [2.45, 2.75) is 45.1 Å². The maximum atomic E-state index is 12.7. The number of aromatic nitrogens is 1. The Morgan fingerprint density at radius 2 is 2.11 bits per heavy atom. The molecule has 6 heteroatoms. The summed E-state index contributed by atoms with van der Waals surface area (Å²) in [6.07, 6.45) is 4.99. The summed E-state index contributed by atoms with van der Waals surface area (Å²) < 4.78 is 0. The summed E-state index contributed by atoms with van der Waals surface area (Å²) in [5.74, 6) is 1.55. The molecule has 0 aliphatic carbocycles. The summed E-state index contributed by atoms with van der Waals surface area (Å²) in [7, 11) is 0. The molecule has 0 saturated carbocycles. The van der Waals surface area contributed by atoms with Crippen LogP contribution in [0.25, 0.3) is 0 Å². The molecule has 0 radical (unpaired) electrons. The van der Waals surface area contributed by atoms with Crippen molar-refractivity contribution in [3.05, 3.63) is 30.1 Å². The van der Waals surface area contributed by atoms with Gasteiger partial charge in [0.1, 0.15) is 0 Å². The molecule has 3 aliphatic heterocycles. The van der Waals surface area contributed by atoms with Gasteiger partial charge >= 0.3 is 0 Å². The zero-order chi connectivity index (χ0) is 19.7. The first kappa shape index (κ1) is 19.4. The Morgan fingerprint density at radius 1 is 1.32 bits per heavy atom. The van der Waals surface area contributed by atoms with Crippen LogP contribution in [0.2, 0.25) is 0 Å². The first-order valence-corrected chi connectivity index (χ1v) is 10.7. The number of pyridine rings is 1. The SMILES string of the molecule is CC[C@@H](C)CN1C[C@H]2C(=O)NC3(CCN(C(=O)Cc4ccccn4)CC3)[C@H]2C1. The van der Waals surface area contributed by atoms with Crippen LogP contribution in [0.15, 0.2) is 24.4 Å². The zero-order valence-corrected chi connectivity index (χ0v) is 17.1. The third-order valence-electron chi connectivity index (χ3n) is 7.15. The molecule has 0 aromatic carbocycles. The molecular formula is C22H32N4O2. The van der Waals surface area contributed by atoms with E-state index in [2.05, 4.69) is 29.0 Å². The summed E-state index contributed by atoms with van der Waals surface area (Å²) in [6.45, 7) is 8.95. The third-order valence-corrected chi connectivity index (χ3v) is 7.15. The molecule has 4 rings (SSSR count). The summed E-state index contributed by atoms with van der Waals surface area (Å²) in [6, 6.07) is 5.68. The van der Waals surface area contributed by atoms with E-state index in [4.69, 9.17) is 0 Å². The van der Waals surface area contributed by atoms with E-state index >= 15 is 0 Å². The van der Waals surface area contributed by atoms with Gasteiger partial charge in [-0.05, 0) is 30.9 Å². The van der Waals surface area contributed by atoms with Crippen molar-refractivity contribution < 1.29 is 9.59 Å². The normalized spacial score (nSPS) is 27.6. The fourth-order valence-electron chi connectivity index (χ4n) is 5.28. The minimum absolute atomic E-state index is 0.117. The first-order chi connectivity index (χ1) is 13.5. The van der Waals surface area contributed by atoms with Crippen LogP contribution in [0.4, 0.5) is 0 Å². The lowest BCUT2D eigenvalue weighted by molar-refractivity contribution is -0.132. The van der Waals surface area contributed by atoms with Gasteiger partial charge in [0.25, 0.3) is 0 Å². The second-order valence-electron chi connectivity index (χ2n) is 8.97. The maximum absolute atomic E-state index is 12.7. The Labute approximate surface area is 167 Å². The van der Waals surface area contributed by atoms with E-state index < -0.39 is 0 Å². The zero-order valence-electron chi connectivity index (χ0n) is 17.1. The van der Waals surface area contributed by atoms with Gasteiger partial charge in [-0.15, -0.1) is 0 Å². The van der Waals surface area contributed by atoms with Crippen molar-refractivity contribution in [2.24, 2.45) is 17.8 Å². The van der Waals surface area contributed by atoms with Crippen LogP contribution in [0.1, 0.15) is 38.8 Å². The molecule has 3 atom stereocenters. The summed E-state index contributed by atoms with van der Waals surface area (Å²) >= 11 is 0. The minimum Gasteiger partial charge on any atom is -0.350 e. The average Bonchev–Trinajstić information content (AvgIpc) is 3.22. The molecule has 1 N–H and O–H groups in total. The highest BCUT2D eigenvalue weighted by Crippen LogP contribution is 2.44. The number of carbonyl (C=O) groups excluding carboxylic acids is 2. The average molecular weight is 385 g/mol. The molecule has 0 bridgehead atoms. The topological polar surface area (TPSA) is 65.5 Å². The van der Waals surface area contributed by atoms with Crippen molar-refractivity contribution >= 4 is 11.8 Å². The highest BCUT2D eigenvalue weighted by atomic mass is 16.2. The summed E-state index contributed by atoms with van der Waals surface area (Å²) in [4.78, 5) is 34.0. The molecule has 4 heterocycles.